The normalized spacial score (nSPS) is 20.1. The van der Waals surface area contributed by atoms with Crippen molar-refractivity contribution in [3.63, 3.8) is 0 Å². The molecule has 1 N–H and O–H groups in total. The molecule has 0 bridgehead atoms. The molecule has 1 fully saturated rings. The number of likely N-dealkylation sites (tertiary alicyclic amines) is 1. The van der Waals surface area contributed by atoms with E-state index in [0.717, 1.165) is 17.1 Å². The van der Waals surface area contributed by atoms with E-state index in [-0.39, 0.29) is 5.91 Å². The zero-order chi connectivity index (χ0) is 14.5. The summed E-state index contributed by atoms with van der Waals surface area (Å²) in [6.07, 6.45) is 5.44. The van der Waals surface area contributed by atoms with Crippen LogP contribution in [0.5, 0.6) is 0 Å². The highest BCUT2D eigenvalue weighted by Gasteiger charge is 2.19. The number of hydrogen-bond donors (Lipinski definition) is 1. The third-order valence-corrected chi connectivity index (χ3v) is 5.14. The van der Waals surface area contributed by atoms with Crippen molar-refractivity contribution in [2.75, 3.05) is 13.6 Å². The maximum Gasteiger partial charge on any atom is 0.220 e. The van der Waals surface area contributed by atoms with E-state index in [9.17, 15) is 4.79 Å². The summed E-state index contributed by atoms with van der Waals surface area (Å²) in [6.45, 7) is 5.80. The first kappa shape index (κ1) is 15.4. The molecule has 1 saturated heterocycles. The van der Waals surface area contributed by atoms with Gasteiger partial charge in [0.15, 0.2) is 0 Å². The predicted octanol–water partition coefficient (Wildman–Crippen LogP) is 2.64. The zero-order valence-electron chi connectivity index (χ0n) is 12.7. The SMILES string of the molecule is Cc1nc(C)c(CNC(=O)CCC2CCCCN2C)s1. The Morgan fingerprint density at radius 2 is 2.25 bits per heavy atom. The van der Waals surface area contributed by atoms with Gasteiger partial charge in [0, 0.05) is 17.3 Å². The van der Waals surface area contributed by atoms with Crippen LogP contribution in [0, 0.1) is 13.8 Å². The number of aromatic nitrogens is 1. The van der Waals surface area contributed by atoms with Crippen LogP contribution in [-0.2, 0) is 11.3 Å². The summed E-state index contributed by atoms with van der Waals surface area (Å²) < 4.78 is 0. The number of carbonyl (C=O) groups excluding carboxylic acids is 1. The van der Waals surface area contributed by atoms with Crippen LogP contribution >= 0.6 is 11.3 Å². The highest BCUT2D eigenvalue weighted by atomic mass is 32.1. The summed E-state index contributed by atoms with van der Waals surface area (Å²) in [5.41, 5.74) is 1.04. The van der Waals surface area contributed by atoms with Crippen molar-refractivity contribution in [2.24, 2.45) is 0 Å². The van der Waals surface area contributed by atoms with Gasteiger partial charge in [-0.3, -0.25) is 4.79 Å². The standard InChI is InChI=1S/C15H25N3OS/c1-11-14(20-12(2)17-11)10-16-15(19)8-7-13-6-4-5-9-18(13)3/h13H,4-10H2,1-3H3,(H,16,19). The molecule has 0 aromatic carbocycles. The first-order valence-electron chi connectivity index (χ1n) is 7.46. The van der Waals surface area contributed by atoms with Gasteiger partial charge in [0.25, 0.3) is 0 Å². The molecule has 20 heavy (non-hydrogen) atoms. The van der Waals surface area contributed by atoms with E-state index in [1.165, 1.54) is 30.7 Å². The number of piperidine rings is 1. The fourth-order valence-corrected chi connectivity index (χ4v) is 3.69. The van der Waals surface area contributed by atoms with E-state index in [1.807, 2.05) is 13.8 Å². The van der Waals surface area contributed by atoms with Crippen LogP contribution in [0.3, 0.4) is 0 Å². The Morgan fingerprint density at radius 1 is 1.45 bits per heavy atom. The fraction of sp³-hybridized carbons (Fsp3) is 0.733. The van der Waals surface area contributed by atoms with Crippen molar-refractivity contribution in [2.45, 2.75) is 58.5 Å². The second kappa shape index (κ2) is 7.18. The van der Waals surface area contributed by atoms with E-state index >= 15 is 0 Å². The molecular weight excluding hydrogens is 270 g/mol. The number of nitrogens with zero attached hydrogens (tertiary/aromatic N) is 2. The van der Waals surface area contributed by atoms with Gasteiger partial charge in [0.2, 0.25) is 5.91 Å². The number of carbonyl (C=O) groups is 1. The van der Waals surface area contributed by atoms with Crippen LogP contribution in [0.4, 0.5) is 0 Å². The van der Waals surface area contributed by atoms with Crippen LogP contribution in [0.1, 0.15) is 47.7 Å². The minimum absolute atomic E-state index is 0.162. The van der Waals surface area contributed by atoms with Crippen molar-refractivity contribution >= 4 is 17.2 Å². The van der Waals surface area contributed by atoms with Crippen LogP contribution in [0.15, 0.2) is 0 Å². The Balaban J connectivity index is 1.71. The van der Waals surface area contributed by atoms with Crippen molar-refractivity contribution in [3.05, 3.63) is 15.6 Å². The monoisotopic (exact) mass is 295 g/mol. The molecule has 1 aliphatic rings. The molecule has 1 aliphatic heterocycles. The highest BCUT2D eigenvalue weighted by Crippen LogP contribution is 2.19. The second-order valence-electron chi connectivity index (χ2n) is 5.69. The number of aryl methyl sites for hydroxylation is 2. The molecule has 0 spiro atoms. The molecule has 112 valence electrons. The fourth-order valence-electron chi connectivity index (χ4n) is 2.81. The number of hydrogen-bond acceptors (Lipinski definition) is 4. The molecule has 0 saturated carbocycles. The number of thiazole rings is 1. The van der Waals surface area contributed by atoms with Crippen LogP contribution < -0.4 is 5.32 Å². The van der Waals surface area contributed by atoms with Crippen LogP contribution in [-0.4, -0.2) is 35.4 Å². The Bertz CT molecular complexity index is 458. The number of amides is 1. The molecule has 1 aromatic heterocycles. The average Bonchev–Trinajstić information content (AvgIpc) is 2.74. The first-order chi connectivity index (χ1) is 9.56. The van der Waals surface area contributed by atoms with E-state index in [4.69, 9.17) is 0 Å². The molecule has 1 amide bonds. The lowest BCUT2D eigenvalue weighted by atomic mass is 9.98. The first-order valence-corrected chi connectivity index (χ1v) is 8.27. The lowest BCUT2D eigenvalue weighted by Crippen LogP contribution is -2.37. The van der Waals surface area contributed by atoms with Gasteiger partial charge >= 0.3 is 0 Å². The molecule has 1 aromatic rings. The lowest BCUT2D eigenvalue weighted by molar-refractivity contribution is -0.121. The van der Waals surface area contributed by atoms with E-state index in [2.05, 4.69) is 22.2 Å². The van der Waals surface area contributed by atoms with E-state index in [0.29, 0.717) is 19.0 Å². The van der Waals surface area contributed by atoms with Gasteiger partial charge in [-0.05, 0) is 46.7 Å². The summed E-state index contributed by atoms with van der Waals surface area (Å²) in [5.74, 6) is 0.162. The Labute approximate surface area is 125 Å². The van der Waals surface area contributed by atoms with Gasteiger partial charge in [0.05, 0.1) is 17.2 Å². The van der Waals surface area contributed by atoms with Crippen LogP contribution in [0.25, 0.3) is 0 Å². The number of nitrogens with one attached hydrogen (secondary N) is 1. The van der Waals surface area contributed by atoms with Gasteiger partial charge < -0.3 is 10.2 Å². The Kier molecular flexibility index (Phi) is 5.54. The maximum absolute atomic E-state index is 11.9. The molecule has 4 nitrogen and oxygen atoms in total. The molecule has 5 heteroatoms. The van der Waals surface area contributed by atoms with Gasteiger partial charge in [-0.1, -0.05) is 6.42 Å². The summed E-state index contributed by atoms with van der Waals surface area (Å²) in [6, 6.07) is 0.585. The summed E-state index contributed by atoms with van der Waals surface area (Å²) in [4.78, 5) is 19.9. The summed E-state index contributed by atoms with van der Waals surface area (Å²) >= 11 is 1.67. The van der Waals surface area contributed by atoms with E-state index < -0.39 is 0 Å². The molecule has 0 radical (unpaired) electrons. The maximum atomic E-state index is 11.9. The largest absolute Gasteiger partial charge is 0.351 e. The van der Waals surface area contributed by atoms with Crippen molar-refractivity contribution < 1.29 is 4.79 Å². The molecule has 2 heterocycles. The lowest BCUT2D eigenvalue weighted by Gasteiger charge is -2.32. The minimum Gasteiger partial charge on any atom is -0.351 e. The Morgan fingerprint density at radius 3 is 2.90 bits per heavy atom. The quantitative estimate of drug-likeness (QED) is 0.908. The average molecular weight is 295 g/mol. The number of rotatable bonds is 5. The third kappa shape index (κ3) is 4.28. The van der Waals surface area contributed by atoms with Crippen LogP contribution in [0.2, 0.25) is 0 Å². The Hall–Kier alpha value is -0.940. The molecule has 1 unspecified atom stereocenters. The second-order valence-corrected chi connectivity index (χ2v) is 6.97. The van der Waals surface area contributed by atoms with Crippen molar-refractivity contribution in [1.82, 2.24) is 15.2 Å². The van der Waals surface area contributed by atoms with Gasteiger partial charge in [-0.25, -0.2) is 4.98 Å². The summed E-state index contributed by atoms with van der Waals surface area (Å²) in [5, 5.41) is 4.09. The zero-order valence-corrected chi connectivity index (χ0v) is 13.6. The molecule has 0 aliphatic carbocycles. The topological polar surface area (TPSA) is 45.2 Å². The third-order valence-electron chi connectivity index (χ3n) is 4.07. The van der Waals surface area contributed by atoms with E-state index in [1.54, 1.807) is 11.3 Å². The van der Waals surface area contributed by atoms with Gasteiger partial charge in [-0.15, -0.1) is 11.3 Å². The van der Waals surface area contributed by atoms with Crippen molar-refractivity contribution in [3.8, 4) is 0 Å². The highest BCUT2D eigenvalue weighted by molar-refractivity contribution is 7.11. The predicted molar refractivity (Wildman–Crippen MR) is 82.9 cm³/mol. The molecule has 2 rings (SSSR count). The minimum atomic E-state index is 0.162. The van der Waals surface area contributed by atoms with Gasteiger partial charge in [0.1, 0.15) is 0 Å². The molecular formula is C15H25N3OS. The summed E-state index contributed by atoms with van der Waals surface area (Å²) in [7, 11) is 2.17. The van der Waals surface area contributed by atoms with Crippen molar-refractivity contribution in [1.29, 1.82) is 0 Å². The molecule has 1 atom stereocenters. The van der Waals surface area contributed by atoms with Gasteiger partial charge in [-0.2, -0.15) is 0 Å². The smallest absolute Gasteiger partial charge is 0.220 e.